The van der Waals surface area contributed by atoms with E-state index in [1.165, 1.54) is 173 Å². The maximum absolute atomic E-state index is 2.48. The second kappa shape index (κ2) is 29.1. The van der Waals surface area contributed by atoms with Gasteiger partial charge in [-0.1, -0.05) is 161 Å². The highest BCUT2D eigenvalue weighted by molar-refractivity contribution is 7.73. The fourth-order valence-electron chi connectivity index (χ4n) is 4.90. The normalized spacial score (nSPS) is 11.6. The van der Waals surface area contributed by atoms with E-state index in [-0.39, 0.29) is 17.0 Å². The molecule has 0 aliphatic rings. The topological polar surface area (TPSA) is 0 Å². The first kappa shape index (κ1) is 36.1. The van der Waals surface area contributed by atoms with E-state index in [9.17, 15) is 0 Å². The summed E-state index contributed by atoms with van der Waals surface area (Å²) in [6.07, 6.45) is 40.1. The Morgan fingerprint density at radius 3 is 0.667 bits per heavy atom. The molecule has 0 aromatic heterocycles. The fraction of sp³-hybridized carbons (Fsp3) is 1.00. The lowest BCUT2D eigenvalue weighted by Gasteiger charge is -2.10. The highest BCUT2D eigenvalue weighted by Crippen LogP contribution is 2.47. The summed E-state index contributed by atoms with van der Waals surface area (Å²) in [5, 5.41) is 0. The lowest BCUT2D eigenvalue weighted by Crippen LogP contribution is -3.00. The van der Waals surface area contributed by atoms with Gasteiger partial charge in [0.1, 0.15) is 0 Å². The van der Waals surface area contributed by atoms with Gasteiger partial charge >= 0.3 is 0 Å². The summed E-state index contributed by atoms with van der Waals surface area (Å²) < 4.78 is 0. The molecule has 0 spiro atoms. The fourth-order valence-corrected chi connectivity index (χ4v) is 6.07. The molecule has 0 heterocycles. The van der Waals surface area contributed by atoms with Crippen molar-refractivity contribution in [2.24, 2.45) is 0 Å². The molecule has 0 saturated heterocycles. The van der Waals surface area contributed by atoms with Crippen LogP contribution in [0.15, 0.2) is 0 Å². The highest BCUT2D eigenvalue weighted by Gasteiger charge is 2.15. The van der Waals surface area contributed by atoms with E-state index in [0.29, 0.717) is 0 Å². The second-order valence-corrected chi connectivity index (χ2v) is 16.9. The standard InChI is InChI=1S/C31H66P.BrH/c1-5-6-7-8-9-10-11-12-13-14-15-16-17-18-19-20-21-22-23-24-25-26-27-28-29-30-31-32(2,3)4;/h5-31H2,1-4H3;1H/q+1;/p-1. The lowest BCUT2D eigenvalue weighted by atomic mass is 10.0. The van der Waals surface area contributed by atoms with Crippen LogP contribution in [0.4, 0.5) is 0 Å². The van der Waals surface area contributed by atoms with E-state index >= 15 is 0 Å². The number of unbranched alkanes of at least 4 members (excludes halogenated alkanes) is 25. The van der Waals surface area contributed by atoms with Gasteiger partial charge in [0.15, 0.2) is 0 Å². The molecule has 2 heteroatoms. The summed E-state index contributed by atoms with van der Waals surface area (Å²) in [6, 6.07) is 0. The van der Waals surface area contributed by atoms with Gasteiger partial charge in [0.05, 0.1) is 6.16 Å². The van der Waals surface area contributed by atoms with Crippen molar-refractivity contribution in [3.8, 4) is 0 Å². The SMILES string of the molecule is CCCCCCCCCCCCCCCCCCCCCCCCCCCC[P+](C)(C)C.[Br-]. The molecule has 0 aromatic rings. The van der Waals surface area contributed by atoms with Crippen molar-refractivity contribution < 1.29 is 17.0 Å². The summed E-state index contributed by atoms with van der Waals surface area (Å²) in [5.74, 6) is 0. The third kappa shape index (κ3) is 35.1. The molecule has 0 aromatic carbocycles. The lowest BCUT2D eigenvalue weighted by molar-refractivity contribution is -0.00000741. The molecule has 0 unspecified atom stereocenters. The van der Waals surface area contributed by atoms with Gasteiger partial charge in [-0.2, -0.15) is 0 Å². The molecular formula is C31H66BrP. The van der Waals surface area contributed by atoms with Crippen LogP contribution >= 0.6 is 7.26 Å². The first-order valence-electron chi connectivity index (χ1n) is 15.4. The molecule has 0 aliphatic carbocycles. The molecule has 0 rings (SSSR count). The smallest absolute Gasteiger partial charge is 0.0586 e. The minimum atomic E-state index is -0.515. The Bertz CT molecular complexity index is 336. The molecule has 0 bridgehead atoms. The summed E-state index contributed by atoms with van der Waals surface area (Å²) in [4.78, 5) is 0. The summed E-state index contributed by atoms with van der Waals surface area (Å²) in [6.45, 7) is 9.74. The molecule has 0 amide bonds. The van der Waals surface area contributed by atoms with Crippen molar-refractivity contribution in [2.45, 2.75) is 174 Å². The van der Waals surface area contributed by atoms with Gasteiger partial charge in [0, 0.05) is 27.3 Å². The van der Waals surface area contributed by atoms with Crippen molar-refractivity contribution in [3.05, 3.63) is 0 Å². The zero-order valence-electron chi connectivity index (χ0n) is 23.9. The van der Waals surface area contributed by atoms with Gasteiger partial charge in [0.25, 0.3) is 0 Å². The van der Waals surface area contributed by atoms with E-state index in [4.69, 9.17) is 0 Å². The van der Waals surface area contributed by atoms with Crippen LogP contribution in [0.3, 0.4) is 0 Å². The van der Waals surface area contributed by atoms with Crippen LogP contribution < -0.4 is 17.0 Å². The minimum absolute atomic E-state index is 0. The van der Waals surface area contributed by atoms with Crippen LogP contribution in [-0.2, 0) is 0 Å². The van der Waals surface area contributed by atoms with Gasteiger partial charge in [-0.15, -0.1) is 0 Å². The quantitative estimate of drug-likeness (QED) is 0.0708. The Labute approximate surface area is 223 Å². The summed E-state index contributed by atoms with van der Waals surface area (Å²) >= 11 is 0. The zero-order chi connectivity index (χ0) is 23.6. The third-order valence-electron chi connectivity index (χ3n) is 7.18. The van der Waals surface area contributed by atoms with Crippen LogP contribution in [0.1, 0.15) is 174 Å². The molecule has 0 N–H and O–H groups in total. The molecule has 0 aliphatic heterocycles. The van der Waals surface area contributed by atoms with Crippen LogP contribution in [0.2, 0.25) is 0 Å². The van der Waals surface area contributed by atoms with E-state index < -0.39 is 7.26 Å². The molecular weight excluding hydrogens is 483 g/mol. The predicted octanol–water partition coefficient (Wildman–Crippen LogP) is 9.06. The second-order valence-electron chi connectivity index (χ2n) is 11.9. The van der Waals surface area contributed by atoms with E-state index in [1.54, 1.807) is 0 Å². The Hall–Kier alpha value is 0.910. The van der Waals surface area contributed by atoms with Gasteiger partial charge in [-0.25, -0.2) is 0 Å². The van der Waals surface area contributed by atoms with Crippen molar-refractivity contribution in [2.75, 3.05) is 26.2 Å². The maximum atomic E-state index is 2.48. The monoisotopic (exact) mass is 548 g/mol. The van der Waals surface area contributed by atoms with Crippen molar-refractivity contribution in [3.63, 3.8) is 0 Å². The Balaban J connectivity index is 0. The molecule has 0 saturated carbocycles. The number of hydrogen-bond donors (Lipinski definition) is 0. The predicted molar refractivity (Wildman–Crippen MR) is 155 cm³/mol. The van der Waals surface area contributed by atoms with Crippen molar-refractivity contribution >= 4 is 7.26 Å². The van der Waals surface area contributed by atoms with E-state index in [0.717, 1.165) is 0 Å². The van der Waals surface area contributed by atoms with Crippen LogP contribution in [0.5, 0.6) is 0 Å². The summed E-state index contributed by atoms with van der Waals surface area (Å²) in [5.41, 5.74) is 0. The number of rotatable bonds is 27. The number of hydrogen-bond acceptors (Lipinski definition) is 0. The van der Waals surface area contributed by atoms with E-state index in [1.807, 2.05) is 0 Å². The average Bonchev–Trinajstić information content (AvgIpc) is 2.75. The van der Waals surface area contributed by atoms with Gasteiger partial charge < -0.3 is 17.0 Å². The molecule has 33 heavy (non-hydrogen) atoms. The van der Waals surface area contributed by atoms with Crippen molar-refractivity contribution in [1.29, 1.82) is 0 Å². The Morgan fingerprint density at radius 1 is 0.303 bits per heavy atom. The molecule has 0 fully saturated rings. The highest BCUT2D eigenvalue weighted by atomic mass is 79.9. The average molecular weight is 550 g/mol. The van der Waals surface area contributed by atoms with Gasteiger partial charge in [0.2, 0.25) is 0 Å². The van der Waals surface area contributed by atoms with E-state index in [2.05, 4.69) is 26.9 Å². The van der Waals surface area contributed by atoms with Gasteiger partial charge in [-0.3, -0.25) is 0 Å². The molecule has 202 valence electrons. The largest absolute Gasteiger partial charge is 1.00 e. The van der Waals surface area contributed by atoms with Crippen molar-refractivity contribution in [1.82, 2.24) is 0 Å². The first-order valence-corrected chi connectivity index (χ1v) is 18.7. The molecule has 0 nitrogen and oxygen atoms in total. The third-order valence-corrected chi connectivity index (χ3v) is 8.84. The first-order chi connectivity index (χ1) is 15.6. The van der Waals surface area contributed by atoms with Crippen LogP contribution in [-0.4, -0.2) is 26.2 Å². The van der Waals surface area contributed by atoms with Gasteiger partial charge in [-0.05, 0) is 12.8 Å². The number of halogens is 1. The van der Waals surface area contributed by atoms with Crippen LogP contribution in [0.25, 0.3) is 0 Å². The minimum Gasteiger partial charge on any atom is -1.00 e. The van der Waals surface area contributed by atoms with Crippen LogP contribution in [0, 0.1) is 0 Å². The Morgan fingerprint density at radius 2 is 0.485 bits per heavy atom. The maximum Gasteiger partial charge on any atom is 0.0586 e. The summed E-state index contributed by atoms with van der Waals surface area (Å²) in [7, 11) is -0.515. The molecule has 0 atom stereocenters. The molecule has 0 radical (unpaired) electrons. The Kier molecular flexibility index (Phi) is 31.9. The zero-order valence-corrected chi connectivity index (χ0v) is 26.4.